The Morgan fingerprint density at radius 2 is 2.39 bits per heavy atom. The minimum Gasteiger partial charge on any atom is -0.394 e. The lowest BCUT2D eigenvalue weighted by atomic mass is 10.2. The van der Waals surface area contributed by atoms with Crippen LogP contribution < -0.4 is 5.56 Å². The number of nitrogens with zero attached hydrogens (tertiary/aromatic N) is 3. The molecule has 0 aromatic carbocycles. The standard InChI is InChI=1S/C10H12N4O4/c15-2-6-5(16)1-7(18-6)14-4-13-8-9(14)11-3-12-10(8)17/h3-7,15-16H,1-2H2,(H,11,12,17)/t5-,6+,7?/m0/s1. The lowest BCUT2D eigenvalue weighted by molar-refractivity contribution is -0.0432. The van der Waals surface area contributed by atoms with Gasteiger partial charge in [-0.05, 0) is 0 Å². The largest absolute Gasteiger partial charge is 0.394 e. The molecule has 1 fully saturated rings. The summed E-state index contributed by atoms with van der Waals surface area (Å²) in [6.45, 7) is -0.252. The number of hydrogen-bond acceptors (Lipinski definition) is 6. The smallest absolute Gasteiger partial charge is 0.278 e. The molecule has 1 aliphatic rings. The molecule has 8 heteroatoms. The van der Waals surface area contributed by atoms with Gasteiger partial charge in [0.2, 0.25) is 0 Å². The van der Waals surface area contributed by atoms with Crippen molar-refractivity contribution in [3.63, 3.8) is 0 Å². The summed E-state index contributed by atoms with van der Waals surface area (Å²) in [6.07, 6.45) is 1.23. The summed E-state index contributed by atoms with van der Waals surface area (Å²) in [5, 5.41) is 18.7. The summed E-state index contributed by atoms with van der Waals surface area (Å²) in [6, 6.07) is 0. The monoisotopic (exact) mass is 252 g/mol. The Morgan fingerprint density at radius 1 is 1.56 bits per heavy atom. The number of fused-ring (bicyclic) bond motifs is 1. The van der Waals surface area contributed by atoms with Crippen LogP contribution in [0.1, 0.15) is 12.6 Å². The summed E-state index contributed by atoms with van der Waals surface area (Å²) in [4.78, 5) is 21.9. The highest BCUT2D eigenvalue weighted by Crippen LogP contribution is 2.29. The van der Waals surface area contributed by atoms with Crippen molar-refractivity contribution in [2.45, 2.75) is 24.9 Å². The van der Waals surface area contributed by atoms with Crippen molar-refractivity contribution in [2.75, 3.05) is 6.61 Å². The minimum atomic E-state index is -0.737. The second-order valence-electron chi connectivity index (χ2n) is 4.17. The highest BCUT2D eigenvalue weighted by atomic mass is 16.5. The fourth-order valence-corrected chi connectivity index (χ4v) is 2.12. The Labute approximate surface area is 101 Å². The Hall–Kier alpha value is -1.77. The normalized spacial score (nSPS) is 28.0. The van der Waals surface area contributed by atoms with Crippen LogP contribution in [0.25, 0.3) is 11.2 Å². The fraction of sp³-hybridized carbons (Fsp3) is 0.500. The molecule has 0 amide bonds. The number of H-pyrrole nitrogens is 1. The third-order valence-electron chi connectivity index (χ3n) is 3.06. The molecule has 1 saturated heterocycles. The van der Waals surface area contributed by atoms with Gasteiger partial charge in [0.1, 0.15) is 12.3 Å². The van der Waals surface area contributed by atoms with Gasteiger partial charge < -0.3 is 19.9 Å². The molecule has 0 bridgehead atoms. The van der Waals surface area contributed by atoms with Crippen molar-refractivity contribution < 1.29 is 14.9 Å². The van der Waals surface area contributed by atoms with E-state index in [2.05, 4.69) is 15.0 Å². The number of nitrogens with one attached hydrogen (secondary N) is 1. The van der Waals surface area contributed by atoms with E-state index in [1.807, 2.05) is 0 Å². The maximum Gasteiger partial charge on any atom is 0.278 e. The Morgan fingerprint density at radius 3 is 3.11 bits per heavy atom. The van der Waals surface area contributed by atoms with E-state index >= 15 is 0 Å². The van der Waals surface area contributed by atoms with Crippen molar-refractivity contribution in [1.29, 1.82) is 0 Å². The summed E-state index contributed by atoms with van der Waals surface area (Å²) >= 11 is 0. The summed E-state index contributed by atoms with van der Waals surface area (Å²) in [5.41, 5.74) is 0.300. The van der Waals surface area contributed by atoms with Gasteiger partial charge in [-0.2, -0.15) is 0 Å². The molecule has 96 valence electrons. The molecule has 8 nitrogen and oxygen atoms in total. The second-order valence-corrected chi connectivity index (χ2v) is 4.17. The number of aliphatic hydroxyl groups excluding tert-OH is 2. The first-order valence-electron chi connectivity index (χ1n) is 5.55. The van der Waals surface area contributed by atoms with Gasteiger partial charge >= 0.3 is 0 Å². The molecule has 2 aromatic heterocycles. The van der Waals surface area contributed by atoms with E-state index in [-0.39, 0.29) is 17.7 Å². The van der Waals surface area contributed by atoms with E-state index in [0.29, 0.717) is 12.1 Å². The first-order valence-corrected chi connectivity index (χ1v) is 5.55. The van der Waals surface area contributed by atoms with Crippen molar-refractivity contribution in [3.05, 3.63) is 23.0 Å². The van der Waals surface area contributed by atoms with E-state index in [1.54, 1.807) is 4.57 Å². The van der Waals surface area contributed by atoms with Crippen LogP contribution in [-0.2, 0) is 4.74 Å². The zero-order valence-electron chi connectivity index (χ0n) is 9.35. The topological polar surface area (TPSA) is 113 Å². The van der Waals surface area contributed by atoms with Crippen LogP contribution in [0, 0.1) is 0 Å². The molecule has 0 spiro atoms. The quantitative estimate of drug-likeness (QED) is 0.616. The number of ether oxygens (including phenoxy) is 1. The first-order chi connectivity index (χ1) is 8.70. The van der Waals surface area contributed by atoms with Gasteiger partial charge in [0, 0.05) is 6.42 Å². The van der Waals surface area contributed by atoms with Crippen molar-refractivity contribution in [3.8, 4) is 0 Å². The highest BCUT2D eigenvalue weighted by molar-refractivity contribution is 5.68. The number of rotatable bonds is 2. The van der Waals surface area contributed by atoms with Crippen LogP contribution in [0.2, 0.25) is 0 Å². The van der Waals surface area contributed by atoms with Gasteiger partial charge in [-0.25, -0.2) is 9.97 Å². The fourth-order valence-electron chi connectivity index (χ4n) is 2.12. The van der Waals surface area contributed by atoms with Crippen LogP contribution in [0.5, 0.6) is 0 Å². The van der Waals surface area contributed by atoms with Crippen molar-refractivity contribution in [1.82, 2.24) is 19.5 Å². The summed E-state index contributed by atoms with van der Waals surface area (Å²) in [5.74, 6) is 0. The summed E-state index contributed by atoms with van der Waals surface area (Å²) in [7, 11) is 0. The maximum absolute atomic E-state index is 11.5. The van der Waals surface area contributed by atoms with Crippen LogP contribution >= 0.6 is 0 Å². The molecular formula is C10H12N4O4. The van der Waals surface area contributed by atoms with Gasteiger partial charge in [0.25, 0.3) is 5.56 Å². The van der Waals surface area contributed by atoms with Crippen LogP contribution in [0.3, 0.4) is 0 Å². The predicted molar refractivity (Wildman–Crippen MR) is 59.8 cm³/mol. The number of hydrogen-bond donors (Lipinski definition) is 3. The Bertz CT molecular complexity index is 622. The Balaban J connectivity index is 2.01. The molecule has 0 radical (unpaired) electrons. The average molecular weight is 252 g/mol. The lowest BCUT2D eigenvalue weighted by Gasteiger charge is -2.13. The van der Waals surface area contributed by atoms with Crippen LogP contribution in [0.15, 0.2) is 17.4 Å². The predicted octanol–water partition coefficient (Wildman–Crippen LogP) is -1.24. The molecule has 18 heavy (non-hydrogen) atoms. The molecule has 3 atom stereocenters. The molecule has 1 aliphatic heterocycles. The third kappa shape index (κ3) is 1.62. The SMILES string of the molecule is O=c1[nH]cnc2c1ncn2C1C[C@H](O)[C@@H](CO)O1. The van der Waals surface area contributed by atoms with Gasteiger partial charge in [-0.1, -0.05) is 0 Å². The van der Waals surface area contributed by atoms with E-state index in [0.717, 1.165) is 0 Å². The van der Waals surface area contributed by atoms with Gasteiger partial charge in [0.15, 0.2) is 11.2 Å². The van der Waals surface area contributed by atoms with Crippen LogP contribution in [-0.4, -0.2) is 48.5 Å². The van der Waals surface area contributed by atoms with Gasteiger partial charge in [-0.3, -0.25) is 9.36 Å². The van der Waals surface area contributed by atoms with E-state index in [9.17, 15) is 9.90 Å². The first kappa shape index (κ1) is 11.3. The average Bonchev–Trinajstić information content (AvgIpc) is 2.93. The van der Waals surface area contributed by atoms with Crippen LogP contribution in [0.4, 0.5) is 0 Å². The number of aromatic amines is 1. The molecule has 1 unspecified atom stereocenters. The zero-order chi connectivity index (χ0) is 12.7. The van der Waals surface area contributed by atoms with E-state index < -0.39 is 18.4 Å². The highest BCUT2D eigenvalue weighted by Gasteiger charge is 2.35. The third-order valence-corrected chi connectivity index (χ3v) is 3.06. The summed E-state index contributed by atoms with van der Waals surface area (Å²) < 4.78 is 7.07. The zero-order valence-corrected chi connectivity index (χ0v) is 9.35. The molecular weight excluding hydrogens is 240 g/mol. The molecule has 3 heterocycles. The van der Waals surface area contributed by atoms with Crippen molar-refractivity contribution >= 4 is 11.2 Å². The molecule has 2 aromatic rings. The van der Waals surface area contributed by atoms with Gasteiger partial charge in [0.05, 0.1) is 25.4 Å². The second kappa shape index (κ2) is 4.16. The molecule has 0 aliphatic carbocycles. The lowest BCUT2D eigenvalue weighted by Crippen LogP contribution is -2.24. The minimum absolute atomic E-state index is 0.225. The Kier molecular flexibility index (Phi) is 2.62. The number of aliphatic hydroxyl groups is 2. The molecule has 3 N–H and O–H groups in total. The maximum atomic E-state index is 11.5. The van der Waals surface area contributed by atoms with Crippen molar-refractivity contribution in [2.24, 2.45) is 0 Å². The van der Waals surface area contributed by atoms with E-state index in [1.165, 1.54) is 12.7 Å². The van der Waals surface area contributed by atoms with Gasteiger partial charge in [-0.15, -0.1) is 0 Å². The number of aromatic nitrogens is 4. The molecule has 0 saturated carbocycles. The van der Waals surface area contributed by atoms with E-state index in [4.69, 9.17) is 9.84 Å². The number of imidazole rings is 1. The molecule has 3 rings (SSSR count).